The summed E-state index contributed by atoms with van der Waals surface area (Å²) in [7, 11) is 4.04. The van der Waals surface area contributed by atoms with Gasteiger partial charge in [-0.25, -0.2) is 12.1 Å². The van der Waals surface area contributed by atoms with Crippen molar-refractivity contribution < 1.29 is 65.2 Å². The summed E-state index contributed by atoms with van der Waals surface area (Å²) < 4.78 is 27.5. The van der Waals surface area contributed by atoms with Crippen LogP contribution in [0.15, 0.2) is 109 Å². The van der Waals surface area contributed by atoms with Crippen molar-refractivity contribution >= 4 is 69.7 Å². The van der Waals surface area contributed by atoms with Crippen LogP contribution in [-0.4, -0.2) is 22.6 Å². The van der Waals surface area contributed by atoms with Crippen LogP contribution in [-0.2, 0) is 56.2 Å². The standard InChI is InChI=1S/C52H32B2N4O3S2.2Pt/c1-29-31(3)57(27-55(29)5)36-15-18-43-39(24-36)53-38-21-33(13-17-42(38)60-44-9-7-10-45(61-43)51(44)53)35-23-46(59-26-35)34-14-19-47-40(22-34)54-41-25-37(58-28-56(6)30(2)32(58)4)16-20-48(41)63-50-12-8-11-49(62-47)52(50)54;;/h7-20H,1-6H3;;/q-6;2*+4. The fraction of sp³-hybridized carbons (Fsp3) is 0.115. The second-order valence-electron chi connectivity index (χ2n) is 16.5. The van der Waals surface area contributed by atoms with Crippen molar-refractivity contribution in [1.29, 1.82) is 0 Å². The second-order valence-corrected chi connectivity index (χ2v) is 18.7. The van der Waals surface area contributed by atoms with Crippen LogP contribution in [0.5, 0.6) is 23.0 Å². The van der Waals surface area contributed by atoms with Crippen LogP contribution in [0.25, 0.3) is 33.8 Å². The maximum absolute atomic E-state index is 6.54. The van der Waals surface area contributed by atoms with E-state index in [4.69, 9.17) is 13.9 Å². The average Bonchev–Trinajstić information content (AvgIpc) is 3.98. The van der Waals surface area contributed by atoms with Crippen LogP contribution in [0.4, 0.5) is 0 Å². The monoisotopic (exact) mass is 1240 g/mol. The van der Waals surface area contributed by atoms with Gasteiger partial charge in [-0.1, -0.05) is 34.2 Å². The summed E-state index contributed by atoms with van der Waals surface area (Å²) in [6.45, 7) is 8.16. The Hall–Kier alpha value is -5.17. The van der Waals surface area contributed by atoms with Crippen molar-refractivity contribution in [2.24, 2.45) is 14.1 Å². The molecule has 0 spiro atoms. The molecule has 0 atom stereocenters. The molecule has 9 aromatic rings. The zero-order chi connectivity index (χ0) is 42.4. The zero-order valence-electron chi connectivity index (χ0n) is 35.7. The van der Waals surface area contributed by atoms with Gasteiger partial charge in [-0.15, -0.1) is 75.2 Å². The molecule has 0 radical (unpaired) electrons. The minimum atomic E-state index is -0.236. The van der Waals surface area contributed by atoms with E-state index in [1.807, 2.05) is 82.0 Å². The molecule has 6 aromatic carbocycles. The fourth-order valence-electron chi connectivity index (χ4n) is 9.42. The molecule has 65 heavy (non-hydrogen) atoms. The van der Waals surface area contributed by atoms with Crippen LogP contribution in [0.1, 0.15) is 22.8 Å². The van der Waals surface area contributed by atoms with Crippen molar-refractivity contribution in [3.05, 3.63) is 157 Å². The van der Waals surface area contributed by atoms with E-state index in [1.54, 1.807) is 11.8 Å². The zero-order valence-corrected chi connectivity index (χ0v) is 41.9. The third-order valence-electron chi connectivity index (χ3n) is 13.1. The number of hydrogen-bond donors (Lipinski definition) is 0. The summed E-state index contributed by atoms with van der Waals surface area (Å²) in [5, 5.41) is 0. The number of nitrogens with zero attached hydrogens (tertiary/aromatic N) is 4. The Morgan fingerprint density at radius 3 is 1.65 bits per heavy atom. The largest absolute Gasteiger partial charge is 4.00 e. The van der Waals surface area contributed by atoms with E-state index in [0.29, 0.717) is 11.3 Å². The van der Waals surface area contributed by atoms with Gasteiger partial charge in [0.05, 0.1) is 14.1 Å². The molecule has 4 aliphatic rings. The number of furan rings is 1. The SMILES string of the molecule is Cc1c(C)[n+](C)[c-]n1-c1[c-]c2c(cc1)Oc1cccc3c1B2c1[c-]c(-c2[c-]oc(-c4[c-]c5c(cc4)Sc4cccc6c4B5c4[c-]c(-n5[c-][n+](C)c(C)c5C)ccc4S6)[c-]2)ccc1O3.[Pt+4].[Pt+4]. The number of aryl methyl sites for hydroxylation is 2. The molecular formula is C52H32B2N4O3Pt2S2+2. The Balaban J connectivity index is 0.00000234. The molecule has 0 fully saturated rings. The van der Waals surface area contributed by atoms with E-state index in [2.05, 4.69) is 124 Å². The number of fused-ring (bicyclic) bond motifs is 8. The van der Waals surface area contributed by atoms with Gasteiger partial charge >= 0.3 is 42.1 Å². The number of aromatic nitrogens is 4. The van der Waals surface area contributed by atoms with Gasteiger partial charge in [0.2, 0.25) is 26.1 Å². The topological polar surface area (TPSA) is 49.2 Å². The van der Waals surface area contributed by atoms with E-state index in [9.17, 15) is 0 Å². The summed E-state index contributed by atoms with van der Waals surface area (Å²) in [4.78, 5) is 4.89. The maximum atomic E-state index is 6.54. The third-order valence-corrected chi connectivity index (χ3v) is 15.4. The number of hydrogen-bond acceptors (Lipinski definition) is 5. The predicted octanol–water partition coefficient (Wildman–Crippen LogP) is 5.65. The summed E-state index contributed by atoms with van der Waals surface area (Å²) in [6.07, 6.45) is 10.1. The molecule has 0 saturated heterocycles. The Bertz CT molecular complexity index is 3240. The number of benzene rings is 6. The van der Waals surface area contributed by atoms with Gasteiger partial charge in [0, 0.05) is 39.7 Å². The number of rotatable bonds is 4. The average molecular weight is 1240 g/mol. The van der Waals surface area contributed by atoms with Gasteiger partial charge in [0.1, 0.15) is 11.5 Å². The van der Waals surface area contributed by atoms with Gasteiger partial charge in [0.15, 0.2) is 0 Å². The predicted molar refractivity (Wildman–Crippen MR) is 244 cm³/mol. The summed E-state index contributed by atoms with van der Waals surface area (Å²) in [5.74, 6) is 3.57. The first-order chi connectivity index (χ1) is 30.7. The van der Waals surface area contributed by atoms with Crippen molar-refractivity contribution in [1.82, 2.24) is 9.13 Å². The van der Waals surface area contributed by atoms with Crippen molar-refractivity contribution in [3.8, 4) is 56.8 Å². The van der Waals surface area contributed by atoms with Crippen molar-refractivity contribution in [3.63, 3.8) is 0 Å². The molecule has 7 nitrogen and oxygen atoms in total. The van der Waals surface area contributed by atoms with Gasteiger partial charge in [0.25, 0.3) is 0 Å². The number of imidazole rings is 2. The van der Waals surface area contributed by atoms with Crippen molar-refractivity contribution in [2.45, 2.75) is 47.3 Å². The quantitative estimate of drug-likeness (QED) is 0.130. The van der Waals surface area contributed by atoms with Crippen molar-refractivity contribution in [2.75, 3.05) is 0 Å². The molecule has 0 saturated carbocycles. The summed E-state index contributed by atoms with van der Waals surface area (Å²) >= 11 is 3.61. The molecule has 0 N–H and O–H groups in total. The molecule has 13 rings (SSSR count). The summed E-state index contributed by atoms with van der Waals surface area (Å²) in [6, 6.07) is 48.0. The van der Waals surface area contributed by atoms with Crippen LogP contribution >= 0.6 is 23.5 Å². The van der Waals surface area contributed by atoms with Gasteiger partial charge in [-0.2, -0.15) is 47.6 Å². The molecular weight excluding hydrogens is 1200 g/mol. The van der Waals surface area contributed by atoms with Crippen LogP contribution in [0.2, 0.25) is 0 Å². The Morgan fingerprint density at radius 2 is 1.02 bits per heavy atom. The van der Waals surface area contributed by atoms with Crippen LogP contribution < -0.4 is 51.4 Å². The van der Waals surface area contributed by atoms with E-state index < -0.39 is 0 Å². The molecule has 3 aromatic heterocycles. The van der Waals surface area contributed by atoms with E-state index >= 15 is 0 Å². The van der Waals surface area contributed by atoms with Gasteiger partial charge < -0.3 is 49.4 Å². The Kier molecular flexibility index (Phi) is 10.3. The molecule has 0 unspecified atom stereocenters. The second kappa shape index (κ2) is 15.7. The number of ether oxygens (including phenoxy) is 2. The first kappa shape index (κ1) is 42.5. The molecule has 0 aliphatic carbocycles. The molecule has 0 amide bonds. The van der Waals surface area contributed by atoms with Gasteiger partial charge in [-0.05, 0) is 67.2 Å². The Morgan fingerprint density at radius 1 is 0.508 bits per heavy atom. The molecule has 0 bridgehead atoms. The minimum Gasteiger partial charge on any atom is -0.631 e. The maximum Gasteiger partial charge on any atom is 4.00 e. The minimum absolute atomic E-state index is 0. The van der Waals surface area contributed by atoms with Crippen LogP contribution in [0.3, 0.4) is 0 Å². The van der Waals surface area contributed by atoms with E-state index in [1.165, 1.54) is 30.7 Å². The van der Waals surface area contributed by atoms with Gasteiger partial charge in [-0.3, -0.25) is 0 Å². The van der Waals surface area contributed by atoms with E-state index in [-0.39, 0.29) is 55.6 Å². The smallest absolute Gasteiger partial charge is 0.631 e. The molecule has 314 valence electrons. The van der Waals surface area contributed by atoms with Crippen LogP contribution in [0, 0.1) is 76.9 Å². The van der Waals surface area contributed by atoms with E-state index in [0.717, 1.165) is 89.9 Å². The Labute approximate surface area is 415 Å². The molecule has 13 heteroatoms. The molecule has 4 aliphatic heterocycles. The molecule has 7 heterocycles. The fourth-order valence-corrected chi connectivity index (χ4v) is 11.8. The normalized spacial score (nSPS) is 13.2. The summed E-state index contributed by atoms with van der Waals surface area (Å²) in [5.41, 5.74) is 15.0. The third kappa shape index (κ3) is 6.43. The first-order valence-electron chi connectivity index (χ1n) is 20.8. The first-order valence-corrected chi connectivity index (χ1v) is 22.4.